The molecule has 0 radical (unpaired) electrons. The third kappa shape index (κ3) is 5.06. The summed E-state index contributed by atoms with van der Waals surface area (Å²) in [6, 6.07) is 85.4. The first-order valence-electron chi connectivity index (χ1n) is 21.3. The van der Waals surface area contributed by atoms with E-state index in [2.05, 4.69) is 240 Å². The molecule has 11 aromatic rings. The predicted molar refractivity (Wildman–Crippen MR) is 260 cm³/mol. The van der Waals surface area contributed by atoms with Gasteiger partial charge in [-0.25, -0.2) is 0 Å². The van der Waals surface area contributed by atoms with Crippen LogP contribution in [0, 0.1) is 0 Å². The second-order valence-corrected chi connectivity index (χ2v) is 17.5. The molecular formula is C59H38N2S. The van der Waals surface area contributed by atoms with Crippen molar-refractivity contribution in [2.75, 3.05) is 4.90 Å². The fourth-order valence-electron chi connectivity index (χ4n) is 10.6. The molecule has 290 valence electrons. The van der Waals surface area contributed by atoms with Crippen LogP contribution in [0.2, 0.25) is 0 Å². The van der Waals surface area contributed by atoms with Crippen LogP contribution in [0.15, 0.2) is 240 Å². The van der Waals surface area contributed by atoms with Crippen LogP contribution in [0.3, 0.4) is 0 Å². The van der Waals surface area contributed by atoms with Crippen LogP contribution < -0.4 is 4.90 Å². The molecule has 62 heavy (non-hydrogen) atoms. The van der Waals surface area contributed by atoms with Gasteiger partial charge in [0.2, 0.25) is 0 Å². The Labute approximate surface area is 365 Å². The Bertz CT molecular complexity index is 3500. The molecule has 0 saturated carbocycles. The van der Waals surface area contributed by atoms with Gasteiger partial charge in [0.15, 0.2) is 0 Å². The first kappa shape index (κ1) is 35.2. The topological polar surface area (TPSA) is 8.17 Å². The minimum absolute atomic E-state index is 0.515. The van der Waals surface area contributed by atoms with Crippen molar-refractivity contribution >= 4 is 61.4 Å². The highest BCUT2D eigenvalue weighted by molar-refractivity contribution is 7.99. The molecule has 13 rings (SSSR count). The number of anilines is 3. The van der Waals surface area contributed by atoms with Crippen molar-refractivity contribution in [3.05, 3.63) is 253 Å². The SMILES string of the molecule is c1ccc(-c2ccc(N(c3ccc4c(c3)C3(c5ccccc5Sc5ccccc53)c3ccc5ccccc5c3-4)c3ccc4c(c3)c3ccccc3n4-c3ccccc3)cc2)cc1. The Morgan fingerprint density at radius 1 is 0.371 bits per heavy atom. The zero-order valence-corrected chi connectivity index (χ0v) is 34.6. The summed E-state index contributed by atoms with van der Waals surface area (Å²) in [4.78, 5) is 5.07. The van der Waals surface area contributed by atoms with Crippen molar-refractivity contribution in [3.8, 4) is 27.9 Å². The maximum absolute atomic E-state index is 2.51. The van der Waals surface area contributed by atoms with Crippen molar-refractivity contribution in [1.82, 2.24) is 4.57 Å². The number of fused-ring (bicyclic) bond motifs is 14. The highest BCUT2D eigenvalue weighted by atomic mass is 32.2. The smallest absolute Gasteiger partial charge is 0.0736 e. The van der Waals surface area contributed by atoms with Crippen LogP contribution >= 0.6 is 11.8 Å². The van der Waals surface area contributed by atoms with Gasteiger partial charge in [-0.15, -0.1) is 0 Å². The highest BCUT2D eigenvalue weighted by Crippen LogP contribution is 2.63. The molecule has 1 aliphatic heterocycles. The zero-order valence-electron chi connectivity index (χ0n) is 33.7. The molecule has 1 aromatic heterocycles. The molecule has 0 unspecified atom stereocenters. The highest BCUT2D eigenvalue weighted by Gasteiger charge is 2.51. The average Bonchev–Trinajstić information content (AvgIpc) is 3.83. The van der Waals surface area contributed by atoms with Crippen LogP contribution in [-0.4, -0.2) is 4.57 Å². The lowest BCUT2D eigenvalue weighted by Crippen LogP contribution is -2.32. The quantitative estimate of drug-likeness (QED) is 0.171. The van der Waals surface area contributed by atoms with Gasteiger partial charge in [-0.1, -0.05) is 169 Å². The number of aromatic nitrogens is 1. The Morgan fingerprint density at radius 3 is 1.73 bits per heavy atom. The van der Waals surface area contributed by atoms with E-state index in [0.717, 1.165) is 22.7 Å². The number of hydrogen-bond acceptors (Lipinski definition) is 2. The largest absolute Gasteiger partial charge is 0.310 e. The second-order valence-electron chi connectivity index (χ2n) is 16.4. The van der Waals surface area contributed by atoms with Crippen molar-refractivity contribution in [1.29, 1.82) is 0 Å². The lowest BCUT2D eigenvalue weighted by molar-refractivity contribution is 0.723. The van der Waals surface area contributed by atoms with E-state index in [0.29, 0.717) is 0 Å². The van der Waals surface area contributed by atoms with E-state index >= 15 is 0 Å². The van der Waals surface area contributed by atoms with E-state index < -0.39 is 5.41 Å². The molecular weight excluding hydrogens is 769 g/mol. The first-order valence-corrected chi connectivity index (χ1v) is 22.2. The van der Waals surface area contributed by atoms with Crippen LogP contribution in [0.1, 0.15) is 22.3 Å². The summed E-state index contributed by atoms with van der Waals surface area (Å²) in [6.07, 6.45) is 0. The van der Waals surface area contributed by atoms with Crippen molar-refractivity contribution in [2.24, 2.45) is 0 Å². The number of rotatable bonds is 5. The van der Waals surface area contributed by atoms with Gasteiger partial charge < -0.3 is 9.47 Å². The first-order chi connectivity index (χ1) is 30.8. The lowest BCUT2D eigenvalue weighted by Gasteiger charge is -2.40. The van der Waals surface area contributed by atoms with Gasteiger partial charge in [0.25, 0.3) is 0 Å². The van der Waals surface area contributed by atoms with Crippen molar-refractivity contribution in [3.63, 3.8) is 0 Å². The third-order valence-electron chi connectivity index (χ3n) is 13.2. The number of para-hydroxylation sites is 2. The molecule has 3 heteroatoms. The summed E-state index contributed by atoms with van der Waals surface area (Å²) in [5, 5.41) is 5.00. The van der Waals surface area contributed by atoms with E-state index in [-0.39, 0.29) is 0 Å². The Kier molecular flexibility index (Phi) is 7.79. The molecule has 1 aliphatic carbocycles. The van der Waals surface area contributed by atoms with Gasteiger partial charge >= 0.3 is 0 Å². The van der Waals surface area contributed by atoms with Gasteiger partial charge in [0.1, 0.15) is 0 Å². The molecule has 0 amide bonds. The average molecular weight is 807 g/mol. The molecule has 0 bridgehead atoms. The molecule has 0 N–H and O–H groups in total. The van der Waals surface area contributed by atoms with Crippen LogP contribution in [-0.2, 0) is 5.41 Å². The van der Waals surface area contributed by atoms with Crippen LogP contribution in [0.25, 0.3) is 60.5 Å². The Morgan fingerprint density at radius 2 is 0.952 bits per heavy atom. The molecule has 10 aromatic carbocycles. The monoisotopic (exact) mass is 806 g/mol. The summed E-state index contributed by atoms with van der Waals surface area (Å²) in [6.45, 7) is 0. The van der Waals surface area contributed by atoms with Gasteiger partial charge in [0.05, 0.1) is 16.4 Å². The fourth-order valence-corrected chi connectivity index (χ4v) is 11.8. The Hall–Kier alpha value is -7.59. The van der Waals surface area contributed by atoms with Crippen LogP contribution in [0.4, 0.5) is 17.1 Å². The van der Waals surface area contributed by atoms with Crippen molar-refractivity contribution < 1.29 is 0 Å². The standard InChI is InChI=1S/C59H38N2S/c1-3-15-39(16-4-1)40-27-30-43(31-28-40)60(44-33-36-55-49(37-44)47-21-9-12-24-54(47)61(55)42-18-5-2-6-19-42)45-32-34-48-53(38-45)59(52-35-29-41-17-7-8-20-46(41)58(48)52)50-22-10-13-25-56(50)62-57-26-14-11-23-51(57)59/h1-38H. The zero-order chi connectivity index (χ0) is 40.8. The van der Waals surface area contributed by atoms with Gasteiger partial charge in [-0.05, 0) is 128 Å². The summed E-state index contributed by atoms with van der Waals surface area (Å²) in [7, 11) is 0. The van der Waals surface area contributed by atoms with Gasteiger partial charge in [-0.3, -0.25) is 0 Å². The number of hydrogen-bond donors (Lipinski definition) is 0. The summed E-state index contributed by atoms with van der Waals surface area (Å²) < 4.78 is 2.39. The minimum atomic E-state index is -0.515. The summed E-state index contributed by atoms with van der Waals surface area (Å²) in [5.74, 6) is 0. The molecule has 0 atom stereocenters. The molecule has 2 aliphatic rings. The maximum Gasteiger partial charge on any atom is 0.0736 e. The van der Waals surface area contributed by atoms with E-state index in [1.807, 2.05) is 11.8 Å². The van der Waals surface area contributed by atoms with E-state index in [9.17, 15) is 0 Å². The number of benzene rings is 10. The maximum atomic E-state index is 2.51. The van der Waals surface area contributed by atoms with Crippen molar-refractivity contribution in [2.45, 2.75) is 15.2 Å². The van der Waals surface area contributed by atoms with Crippen LogP contribution in [0.5, 0.6) is 0 Å². The number of nitrogens with zero attached hydrogens (tertiary/aromatic N) is 2. The summed E-state index contributed by atoms with van der Waals surface area (Å²) in [5.41, 5.74) is 16.7. The minimum Gasteiger partial charge on any atom is -0.310 e. The van der Waals surface area contributed by atoms with Gasteiger partial charge in [-0.2, -0.15) is 0 Å². The molecule has 0 fully saturated rings. The molecule has 0 saturated heterocycles. The lowest BCUT2D eigenvalue weighted by atomic mass is 9.67. The fraction of sp³-hybridized carbons (Fsp3) is 0.0169. The molecule has 1 spiro atoms. The van der Waals surface area contributed by atoms with Gasteiger partial charge in [0, 0.05) is 43.3 Å². The molecule has 2 nitrogen and oxygen atoms in total. The predicted octanol–water partition coefficient (Wildman–Crippen LogP) is 15.9. The summed E-state index contributed by atoms with van der Waals surface area (Å²) >= 11 is 1.89. The second kappa shape index (κ2) is 13.7. The van der Waals surface area contributed by atoms with E-state index in [1.165, 1.54) is 86.9 Å². The van der Waals surface area contributed by atoms with E-state index in [1.54, 1.807) is 0 Å². The normalized spacial score (nSPS) is 13.2. The third-order valence-corrected chi connectivity index (χ3v) is 14.4. The van der Waals surface area contributed by atoms with E-state index in [4.69, 9.17) is 0 Å². The molecule has 2 heterocycles. The Balaban J connectivity index is 1.09.